The van der Waals surface area contributed by atoms with Crippen molar-refractivity contribution in [3.63, 3.8) is 0 Å². The van der Waals surface area contributed by atoms with Crippen molar-refractivity contribution in [2.45, 2.75) is 24.7 Å². The lowest BCUT2D eigenvalue weighted by atomic mass is 9.53. The first-order valence-corrected chi connectivity index (χ1v) is 10.6. The molecule has 0 aliphatic carbocycles. The Labute approximate surface area is 187 Å². The van der Waals surface area contributed by atoms with Crippen LogP contribution in [-0.4, -0.2) is 10.2 Å². The molecule has 0 saturated heterocycles. The van der Waals surface area contributed by atoms with Crippen molar-refractivity contribution in [2.24, 2.45) is 0 Å². The van der Waals surface area contributed by atoms with Gasteiger partial charge < -0.3 is 10.2 Å². The van der Waals surface area contributed by atoms with Gasteiger partial charge in [0.15, 0.2) is 11.5 Å². The molecule has 0 fully saturated rings. The number of hydrogen-bond donors (Lipinski definition) is 2. The topological polar surface area (TPSA) is 58.9 Å². The molecule has 4 aromatic carbocycles. The fourth-order valence-corrected chi connectivity index (χ4v) is 4.86. The smallest absolute Gasteiger partial charge is 0.178 e. The van der Waals surface area contributed by atoms with Crippen molar-refractivity contribution in [2.75, 3.05) is 0 Å². The standard InChI is InChI=1S/C28H24O4/c1-27(19-3-11-23(29)12-4-19)21-7-15-25(16-8-21)31-32-26-17-9-22(10-18-26)28(27,2)20-5-13-24(30)14-6-20/h3-18,29-30H,1-2H3. The fraction of sp³-hybridized carbons (Fsp3) is 0.143. The summed E-state index contributed by atoms with van der Waals surface area (Å²) in [5.41, 5.74) is 3.18. The molecular weight excluding hydrogens is 400 g/mol. The summed E-state index contributed by atoms with van der Waals surface area (Å²) >= 11 is 0. The third-order valence-corrected chi connectivity index (χ3v) is 6.99. The maximum absolute atomic E-state index is 9.98. The number of hydrogen-bond acceptors (Lipinski definition) is 4. The lowest BCUT2D eigenvalue weighted by Gasteiger charge is -2.49. The summed E-state index contributed by atoms with van der Waals surface area (Å²) in [6, 6.07) is 30.6. The van der Waals surface area contributed by atoms with Crippen LogP contribution in [0.4, 0.5) is 0 Å². The molecule has 4 aliphatic rings. The Bertz CT molecular complexity index is 1130. The molecule has 4 bridgehead atoms. The number of phenols is 2. The Morgan fingerprint density at radius 1 is 0.438 bits per heavy atom. The zero-order valence-corrected chi connectivity index (χ0v) is 17.9. The van der Waals surface area contributed by atoms with E-state index in [4.69, 9.17) is 9.78 Å². The SMILES string of the molecule is CC1(c2ccc(O)cc2)c2ccc(cc2)OOc2ccc(cc2)C1(C)c1ccc(O)cc1. The minimum atomic E-state index is -0.544. The predicted molar refractivity (Wildman–Crippen MR) is 123 cm³/mol. The largest absolute Gasteiger partial charge is 0.508 e. The van der Waals surface area contributed by atoms with Gasteiger partial charge in [-0.3, -0.25) is 9.78 Å². The molecule has 2 unspecified atom stereocenters. The van der Waals surface area contributed by atoms with Gasteiger partial charge in [-0.25, -0.2) is 0 Å². The number of rotatable bonds is 2. The van der Waals surface area contributed by atoms with Gasteiger partial charge >= 0.3 is 0 Å². The second kappa shape index (κ2) is 7.34. The molecule has 4 nitrogen and oxygen atoms in total. The van der Waals surface area contributed by atoms with Crippen LogP contribution in [0.3, 0.4) is 0 Å². The van der Waals surface area contributed by atoms with Crippen LogP contribution in [0.2, 0.25) is 0 Å². The first kappa shape index (κ1) is 20.0. The predicted octanol–water partition coefficient (Wildman–Crippen LogP) is 6.10. The zero-order valence-electron chi connectivity index (χ0n) is 17.9. The summed E-state index contributed by atoms with van der Waals surface area (Å²) in [6.45, 7) is 4.44. The highest BCUT2D eigenvalue weighted by Crippen LogP contribution is 2.53. The van der Waals surface area contributed by atoms with E-state index in [0.29, 0.717) is 11.5 Å². The van der Waals surface area contributed by atoms with Gasteiger partial charge in [0, 0.05) is 10.8 Å². The molecule has 160 valence electrons. The lowest BCUT2D eigenvalue weighted by molar-refractivity contribution is -0.1000. The Morgan fingerprint density at radius 2 is 0.688 bits per heavy atom. The summed E-state index contributed by atoms with van der Waals surface area (Å²) in [7, 11) is 0. The van der Waals surface area contributed by atoms with E-state index in [1.165, 1.54) is 0 Å². The van der Waals surface area contributed by atoms with E-state index in [1.807, 2.05) is 48.5 Å². The quantitative estimate of drug-likeness (QED) is 0.382. The minimum absolute atomic E-state index is 0.224. The molecule has 4 heterocycles. The van der Waals surface area contributed by atoms with Gasteiger partial charge in [-0.15, -0.1) is 0 Å². The third-order valence-electron chi connectivity index (χ3n) is 6.99. The van der Waals surface area contributed by atoms with Gasteiger partial charge in [0.2, 0.25) is 0 Å². The van der Waals surface area contributed by atoms with Crippen LogP contribution in [0, 0.1) is 0 Å². The van der Waals surface area contributed by atoms with Crippen molar-refractivity contribution >= 4 is 0 Å². The number of aromatic hydroxyl groups is 2. The second-order valence-corrected chi connectivity index (χ2v) is 8.56. The Hall–Kier alpha value is -3.92. The van der Waals surface area contributed by atoms with Crippen molar-refractivity contribution in [3.05, 3.63) is 119 Å². The maximum Gasteiger partial charge on any atom is 0.178 e. The van der Waals surface area contributed by atoms with E-state index >= 15 is 0 Å². The third kappa shape index (κ3) is 2.99. The molecule has 4 aromatic rings. The van der Waals surface area contributed by atoms with Crippen molar-refractivity contribution in [3.8, 4) is 23.0 Å². The number of phenolic OH excluding ortho intramolecular Hbond substituents is 2. The van der Waals surface area contributed by atoms with Crippen molar-refractivity contribution < 1.29 is 20.0 Å². The average Bonchev–Trinajstić information content (AvgIpc) is 2.82. The van der Waals surface area contributed by atoms with Crippen LogP contribution in [0.25, 0.3) is 0 Å². The molecule has 0 aromatic heterocycles. The second-order valence-electron chi connectivity index (χ2n) is 8.56. The Kier molecular flexibility index (Phi) is 4.59. The minimum Gasteiger partial charge on any atom is -0.508 e. The zero-order chi connectivity index (χ0) is 22.3. The summed E-state index contributed by atoms with van der Waals surface area (Å²) in [5, 5.41) is 20.0. The first-order chi connectivity index (χ1) is 15.4. The molecule has 8 rings (SSSR count). The van der Waals surface area contributed by atoms with Gasteiger partial charge in [0.25, 0.3) is 0 Å². The highest BCUT2D eigenvalue weighted by molar-refractivity contribution is 5.56. The lowest BCUT2D eigenvalue weighted by Crippen LogP contribution is -2.47. The molecular formula is C28H24O4. The highest BCUT2D eigenvalue weighted by atomic mass is 17.2. The van der Waals surface area contributed by atoms with Crippen LogP contribution < -0.4 is 9.78 Å². The van der Waals surface area contributed by atoms with E-state index in [9.17, 15) is 10.2 Å². The van der Waals surface area contributed by atoms with Crippen LogP contribution in [-0.2, 0) is 10.8 Å². The van der Waals surface area contributed by atoms with Crippen LogP contribution in [0.1, 0.15) is 36.1 Å². The summed E-state index contributed by atoms with van der Waals surface area (Å²) in [5.74, 6) is 1.67. The average molecular weight is 424 g/mol. The molecule has 32 heavy (non-hydrogen) atoms. The normalized spacial score (nSPS) is 21.8. The number of benzene rings is 4. The monoisotopic (exact) mass is 424 g/mol. The highest BCUT2D eigenvalue weighted by Gasteiger charge is 2.49. The molecule has 4 aliphatic heterocycles. The first-order valence-electron chi connectivity index (χ1n) is 10.6. The maximum atomic E-state index is 9.98. The van der Waals surface area contributed by atoms with Gasteiger partial charge in [0.05, 0.1) is 0 Å². The van der Waals surface area contributed by atoms with Crippen LogP contribution >= 0.6 is 0 Å². The van der Waals surface area contributed by atoms with Crippen LogP contribution in [0.5, 0.6) is 23.0 Å². The van der Waals surface area contributed by atoms with E-state index in [2.05, 4.69) is 38.1 Å². The van der Waals surface area contributed by atoms with Gasteiger partial charge in [0.1, 0.15) is 11.5 Å². The molecule has 0 saturated carbocycles. The van der Waals surface area contributed by atoms with Crippen molar-refractivity contribution in [1.29, 1.82) is 0 Å². The van der Waals surface area contributed by atoms with E-state index in [1.54, 1.807) is 24.3 Å². The summed E-state index contributed by atoms with van der Waals surface area (Å²) in [4.78, 5) is 11.0. The Morgan fingerprint density at radius 3 is 0.969 bits per heavy atom. The van der Waals surface area contributed by atoms with E-state index in [-0.39, 0.29) is 11.5 Å². The van der Waals surface area contributed by atoms with E-state index in [0.717, 1.165) is 22.3 Å². The molecule has 2 atom stereocenters. The molecule has 2 N–H and O–H groups in total. The summed E-state index contributed by atoms with van der Waals surface area (Å²) < 4.78 is 0. The summed E-state index contributed by atoms with van der Waals surface area (Å²) in [6.07, 6.45) is 0. The molecule has 0 spiro atoms. The van der Waals surface area contributed by atoms with Gasteiger partial charge in [-0.05, 0) is 70.8 Å². The van der Waals surface area contributed by atoms with Gasteiger partial charge in [-0.1, -0.05) is 62.4 Å². The van der Waals surface area contributed by atoms with Crippen LogP contribution in [0.15, 0.2) is 97.1 Å². The Balaban J connectivity index is 1.88. The molecule has 4 heteroatoms. The molecule has 0 radical (unpaired) electrons. The fourth-order valence-electron chi connectivity index (χ4n) is 4.86. The van der Waals surface area contributed by atoms with Gasteiger partial charge in [-0.2, -0.15) is 0 Å². The van der Waals surface area contributed by atoms with Crippen molar-refractivity contribution in [1.82, 2.24) is 0 Å². The molecule has 0 amide bonds. The van der Waals surface area contributed by atoms with E-state index < -0.39 is 10.8 Å².